The third kappa shape index (κ3) is 5.95. The van der Waals surface area contributed by atoms with Gasteiger partial charge in [0.2, 0.25) is 0 Å². The van der Waals surface area contributed by atoms with E-state index in [4.69, 9.17) is 10.5 Å². The largest absolute Gasteiger partial charge is 0.492 e. The standard InChI is InChI=1S/C16H27N3O/c1-5-9-18-15(17)19-10-11-20-14-8-6-7-13(12-14)16(2,3)4/h6-8,12H,5,9-11H2,1-4H3,(H3,17,18,19). The van der Waals surface area contributed by atoms with Gasteiger partial charge in [-0.25, -0.2) is 0 Å². The first kappa shape index (κ1) is 16.3. The smallest absolute Gasteiger partial charge is 0.188 e. The molecule has 3 N–H and O–H groups in total. The first-order chi connectivity index (χ1) is 9.43. The van der Waals surface area contributed by atoms with Crippen molar-refractivity contribution in [3.05, 3.63) is 29.8 Å². The summed E-state index contributed by atoms with van der Waals surface area (Å²) in [6, 6.07) is 8.22. The zero-order chi connectivity index (χ0) is 15.0. The minimum atomic E-state index is 0.134. The minimum absolute atomic E-state index is 0.134. The molecule has 0 aliphatic rings. The number of guanidine groups is 1. The van der Waals surface area contributed by atoms with Gasteiger partial charge in [-0.05, 0) is 29.5 Å². The van der Waals surface area contributed by atoms with E-state index in [-0.39, 0.29) is 5.41 Å². The molecule has 112 valence electrons. The lowest BCUT2D eigenvalue weighted by atomic mass is 9.87. The highest BCUT2D eigenvalue weighted by atomic mass is 16.5. The van der Waals surface area contributed by atoms with Gasteiger partial charge in [0.15, 0.2) is 5.96 Å². The summed E-state index contributed by atoms with van der Waals surface area (Å²) in [5.74, 6) is 1.38. The van der Waals surface area contributed by atoms with Gasteiger partial charge in [0.05, 0.1) is 6.54 Å². The van der Waals surface area contributed by atoms with Gasteiger partial charge in [0.1, 0.15) is 12.4 Å². The Morgan fingerprint density at radius 3 is 2.75 bits per heavy atom. The number of ether oxygens (including phenoxy) is 1. The molecule has 1 aromatic rings. The van der Waals surface area contributed by atoms with E-state index in [2.05, 4.69) is 50.1 Å². The zero-order valence-corrected chi connectivity index (χ0v) is 13.1. The Kier molecular flexibility index (Phi) is 6.36. The Bertz CT molecular complexity index is 436. The molecule has 0 aromatic heterocycles. The van der Waals surface area contributed by atoms with Gasteiger partial charge in [0.25, 0.3) is 0 Å². The van der Waals surface area contributed by atoms with Crippen LogP contribution in [0.3, 0.4) is 0 Å². The van der Waals surface area contributed by atoms with Gasteiger partial charge in [-0.15, -0.1) is 0 Å². The molecule has 0 heterocycles. The normalized spacial score (nSPS) is 12.3. The first-order valence-electron chi connectivity index (χ1n) is 7.20. The number of hydrogen-bond acceptors (Lipinski definition) is 2. The maximum absolute atomic E-state index is 5.72. The van der Waals surface area contributed by atoms with Crippen LogP contribution in [0, 0.1) is 0 Å². The van der Waals surface area contributed by atoms with Crippen LogP contribution in [0.15, 0.2) is 29.3 Å². The molecule has 0 atom stereocenters. The van der Waals surface area contributed by atoms with Crippen molar-refractivity contribution in [3.8, 4) is 5.75 Å². The topological polar surface area (TPSA) is 59.6 Å². The summed E-state index contributed by atoms with van der Waals surface area (Å²) < 4.78 is 5.72. The van der Waals surface area contributed by atoms with Crippen LogP contribution in [0.1, 0.15) is 39.7 Å². The minimum Gasteiger partial charge on any atom is -0.492 e. The molecule has 0 aliphatic carbocycles. The highest BCUT2D eigenvalue weighted by Gasteiger charge is 2.13. The van der Waals surface area contributed by atoms with Crippen molar-refractivity contribution in [2.45, 2.75) is 39.5 Å². The second kappa shape index (κ2) is 7.78. The summed E-state index contributed by atoms with van der Waals surface area (Å²) in [7, 11) is 0. The maximum atomic E-state index is 5.72. The van der Waals surface area contributed by atoms with Gasteiger partial charge in [-0.1, -0.05) is 39.8 Å². The van der Waals surface area contributed by atoms with Crippen LogP contribution in [0.5, 0.6) is 5.75 Å². The van der Waals surface area contributed by atoms with E-state index in [1.165, 1.54) is 5.56 Å². The van der Waals surface area contributed by atoms with Crippen LogP contribution >= 0.6 is 0 Å². The lowest BCUT2D eigenvalue weighted by Crippen LogP contribution is -2.34. The van der Waals surface area contributed by atoms with E-state index in [1.807, 2.05) is 12.1 Å². The molecule has 0 unspecified atom stereocenters. The fourth-order valence-electron chi connectivity index (χ4n) is 1.69. The van der Waals surface area contributed by atoms with Crippen LogP contribution in [0.25, 0.3) is 0 Å². The summed E-state index contributed by atoms with van der Waals surface area (Å²) in [5, 5.41) is 3.04. The van der Waals surface area contributed by atoms with E-state index in [1.54, 1.807) is 0 Å². The van der Waals surface area contributed by atoms with Crippen molar-refractivity contribution in [2.24, 2.45) is 10.7 Å². The molecule has 1 rings (SSSR count). The predicted octanol–water partition coefficient (Wildman–Crippen LogP) is 2.68. The number of aliphatic imine (C=N–C) groups is 1. The average Bonchev–Trinajstić information content (AvgIpc) is 2.41. The fraction of sp³-hybridized carbons (Fsp3) is 0.562. The number of nitrogens with two attached hydrogens (primary N) is 1. The number of benzene rings is 1. The zero-order valence-electron chi connectivity index (χ0n) is 13.1. The van der Waals surface area contributed by atoms with Crippen molar-refractivity contribution in [2.75, 3.05) is 19.7 Å². The van der Waals surface area contributed by atoms with Crippen LogP contribution in [-0.2, 0) is 5.41 Å². The Balaban J connectivity index is 2.39. The molecule has 0 spiro atoms. The fourth-order valence-corrected chi connectivity index (χ4v) is 1.69. The second-order valence-electron chi connectivity index (χ2n) is 5.82. The van der Waals surface area contributed by atoms with Crippen LogP contribution in [0.4, 0.5) is 0 Å². The summed E-state index contributed by atoms with van der Waals surface area (Å²) in [5.41, 5.74) is 7.11. The van der Waals surface area contributed by atoms with E-state index >= 15 is 0 Å². The number of hydrogen-bond donors (Lipinski definition) is 2. The quantitative estimate of drug-likeness (QED) is 0.477. The molecule has 0 bridgehead atoms. The van der Waals surface area contributed by atoms with Crippen molar-refractivity contribution >= 4 is 5.96 Å². The van der Waals surface area contributed by atoms with Crippen molar-refractivity contribution in [3.63, 3.8) is 0 Å². The lowest BCUT2D eigenvalue weighted by molar-refractivity contribution is 0.321. The monoisotopic (exact) mass is 277 g/mol. The highest BCUT2D eigenvalue weighted by Crippen LogP contribution is 2.25. The molecule has 4 nitrogen and oxygen atoms in total. The van der Waals surface area contributed by atoms with Gasteiger partial charge in [-0.2, -0.15) is 0 Å². The third-order valence-electron chi connectivity index (χ3n) is 2.88. The van der Waals surface area contributed by atoms with Crippen LogP contribution < -0.4 is 15.8 Å². The molecule has 0 saturated carbocycles. The van der Waals surface area contributed by atoms with E-state index in [9.17, 15) is 0 Å². The number of rotatable bonds is 6. The second-order valence-corrected chi connectivity index (χ2v) is 5.82. The molecule has 0 aliphatic heterocycles. The molecule has 0 amide bonds. The Morgan fingerprint density at radius 1 is 1.35 bits per heavy atom. The van der Waals surface area contributed by atoms with Crippen LogP contribution in [-0.4, -0.2) is 25.7 Å². The highest BCUT2D eigenvalue weighted by molar-refractivity contribution is 5.77. The van der Waals surface area contributed by atoms with Gasteiger partial charge in [-0.3, -0.25) is 4.99 Å². The summed E-state index contributed by atoms with van der Waals surface area (Å²) >= 11 is 0. The third-order valence-corrected chi connectivity index (χ3v) is 2.88. The summed E-state index contributed by atoms with van der Waals surface area (Å²) in [4.78, 5) is 4.16. The molecular weight excluding hydrogens is 250 g/mol. The Hall–Kier alpha value is -1.71. The molecular formula is C16H27N3O. The first-order valence-corrected chi connectivity index (χ1v) is 7.20. The van der Waals surface area contributed by atoms with E-state index < -0.39 is 0 Å². The van der Waals surface area contributed by atoms with Crippen molar-refractivity contribution < 1.29 is 4.74 Å². The Morgan fingerprint density at radius 2 is 2.10 bits per heavy atom. The molecule has 4 heteroatoms. The molecule has 0 saturated heterocycles. The lowest BCUT2D eigenvalue weighted by Gasteiger charge is -2.19. The van der Waals surface area contributed by atoms with E-state index in [0.717, 1.165) is 18.7 Å². The molecule has 0 fully saturated rings. The predicted molar refractivity (Wildman–Crippen MR) is 85.4 cm³/mol. The van der Waals surface area contributed by atoms with E-state index in [0.29, 0.717) is 19.1 Å². The molecule has 20 heavy (non-hydrogen) atoms. The van der Waals surface area contributed by atoms with Gasteiger partial charge < -0.3 is 15.8 Å². The number of nitrogens with one attached hydrogen (secondary N) is 1. The Labute approximate surface area is 122 Å². The molecule has 1 aromatic carbocycles. The van der Waals surface area contributed by atoms with Crippen LogP contribution in [0.2, 0.25) is 0 Å². The van der Waals surface area contributed by atoms with Crippen molar-refractivity contribution in [1.29, 1.82) is 0 Å². The van der Waals surface area contributed by atoms with Gasteiger partial charge >= 0.3 is 0 Å². The number of nitrogens with zero attached hydrogens (tertiary/aromatic N) is 1. The maximum Gasteiger partial charge on any atom is 0.188 e. The SMILES string of the molecule is CCCN=C(N)NCCOc1cccc(C(C)(C)C)c1. The van der Waals surface area contributed by atoms with Gasteiger partial charge in [0, 0.05) is 6.54 Å². The van der Waals surface area contributed by atoms with Crippen molar-refractivity contribution in [1.82, 2.24) is 5.32 Å². The summed E-state index contributed by atoms with van der Waals surface area (Å²) in [6.45, 7) is 10.6. The summed E-state index contributed by atoms with van der Waals surface area (Å²) in [6.07, 6.45) is 0.998. The molecule has 0 radical (unpaired) electrons. The average molecular weight is 277 g/mol.